The number of carbonyl (C=O) groups is 1. The van der Waals surface area contributed by atoms with E-state index in [9.17, 15) is 13.2 Å². The van der Waals surface area contributed by atoms with Gasteiger partial charge in [0.2, 0.25) is 0 Å². The molecule has 0 aromatic rings. The van der Waals surface area contributed by atoms with Gasteiger partial charge in [-0.2, -0.15) is 17.4 Å². The minimum atomic E-state index is -3.60. The van der Waals surface area contributed by atoms with Crippen LogP contribution in [-0.2, 0) is 19.7 Å². The molecule has 1 unspecified atom stereocenters. The number of rotatable bonds is 7. The number of nitrogens with one attached hydrogen (secondary N) is 1. The van der Waals surface area contributed by atoms with Gasteiger partial charge in [0.05, 0.1) is 13.0 Å². The number of piperidine rings is 1. The summed E-state index contributed by atoms with van der Waals surface area (Å²) in [6, 6.07) is 0. The summed E-state index contributed by atoms with van der Waals surface area (Å²) in [6.07, 6.45) is 1.63. The van der Waals surface area contributed by atoms with E-state index in [1.165, 1.54) is 11.4 Å². The quantitative estimate of drug-likeness (QED) is 0.647. The van der Waals surface area contributed by atoms with Crippen molar-refractivity contribution in [3.05, 3.63) is 0 Å². The summed E-state index contributed by atoms with van der Waals surface area (Å²) in [6.45, 7) is 6.76. The first kappa shape index (κ1) is 22.6. The number of methoxy groups -OCH3 is 1. The van der Waals surface area contributed by atoms with Crippen molar-refractivity contribution in [3.8, 4) is 0 Å². The van der Waals surface area contributed by atoms with E-state index in [2.05, 4.69) is 4.72 Å². The van der Waals surface area contributed by atoms with Gasteiger partial charge in [0.1, 0.15) is 0 Å². The van der Waals surface area contributed by atoms with Crippen LogP contribution in [0.3, 0.4) is 0 Å². The van der Waals surface area contributed by atoms with Crippen LogP contribution in [0.2, 0.25) is 0 Å². The van der Waals surface area contributed by atoms with Crippen LogP contribution < -0.4 is 10.5 Å². The molecule has 0 saturated carbocycles. The first-order valence-electron chi connectivity index (χ1n) is 7.70. The predicted molar refractivity (Wildman–Crippen MR) is 92.5 cm³/mol. The normalized spacial score (nSPS) is 19.9. The molecule has 1 fully saturated rings. The summed E-state index contributed by atoms with van der Waals surface area (Å²) in [5.74, 6) is -0.147. The van der Waals surface area contributed by atoms with Crippen LogP contribution in [0.4, 0.5) is 0 Å². The third-order valence-corrected chi connectivity index (χ3v) is 5.81. The molecule has 1 atom stereocenters. The first-order valence-corrected chi connectivity index (χ1v) is 9.14. The number of hydrogen-bond acceptors (Lipinski definition) is 5. The Kier molecular flexibility index (Phi) is 9.01. The fourth-order valence-corrected chi connectivity index (χ4v) is 4.55. The number of ether oxygens (including phenoxy) is 1. The largest absolute Gasteiger partial charge is 0.469 e. The standard InChI is InChI=1S/C14H29N3O4S.ClH/c1-11(2)9-14(3,10-15)16-22(19,20)17-7-5-12(6-8-17)13(18)21-4;/h11-12,16H,5-10,15H2,1-4H3;1H. The highest BCUT2D eigenvalue weighted by molar-refractivity contribution is 7.87. The smallest absolute Gasteiger partial charge is 0.308 e. The number of nitrogens with two attached hydrogens (primary N) is 1. The summed E-state index contributed by atoms with van der Waals surface area (Å²) < 4.78 is 33.9. The molecule has 0 bridgehead atoms. The maximum atomic E-state index is 12.5. The number of nitrogens with zero attached hydrogens (tertiary/aromatic N) is 1. The molecule has 0 aromatic heterocycles. The fraction of sp³-hybridized carbons (Fsp3) is 0.929. The minimum Gasteiger partial charge on any atom is -0.469 e. The monoisotopic (exact) mass is 371 g/mol. The van der Waals surface area contributed by atoms with E-state index in [4.69, 9.17) is 10.5 Å². The highest BCUT2D eigenvalue weighted by Gasteiger charge is 2.36. The summed E-state index contributed by atoms with van der Waals surface area (Å²) in [5.41, 5.74) is 5.10. The maximum absolute atomic E-state index is 12.5. The molecule has 1 rings (SSSR count). The van der Waals surface area contributed by atoms with Crippen LogP contribution >= 0.6 is 12.4 Å². The van der Waals surface area contributed by atoms with E-state index in [-0.39, 0.29) is 30.8 Å². The Balaban J connectivity index is 0.00000484. The van der Waals surface area contributed by atoms with Crippen molar-refractivity contribution >= 4 is 28.6 Å². The van der Waals surface area contributed by atoms with Crippen LogP contribution in [0.25, 0.3) is 0 Å². The summed E-state index contributed by atoms with van der Waals surface area (Å²) in [5, 5.41) is 0. The zero-order chi connectivity index (χ0) is 17.0. The number of hydrogen-bond donors (Lipinski definition) is 2. The SMILES string of the molecule is COC(=O)C1CCN(S(=O)(=O)NC(C)(CN)CC(C)C)CC1.Cl. The molecule has 9 heteroatoms. The Morgan fingerprint density at radius 2 is 1.91 bits per heavy atom. The topological polar surface area (TPSA) is 102 Å². The van der Waals surface area contributed by atoms with E-state index in [1.54, 1.807) is 0 Å². The molecule has 1 heterocycles. The van der Waals surface area contributed by atoms with Gasteiger partial charge in [-0.1, -0.05) is 13.8 Å². The molecule has 1 aliphatic heterocycles. The number of carbonyl (C=O) groups excluding carboxylic acids is 1. The van der Waals surface area contributed by atoms with E-state index in [0.717, 1.165) is 0 Å². The Morgan fingerprint density at radius 1 is 1.39 bits per heavy atom. The summed E-state index contributed by atoms with van der Waals surface area (Å²) in [7, 11) is -2.25. The molecule has 3 N–H and O–H groups in total. The third-order valence-electron chi connectivity index (χ3n) is 4.01. The summed E-state index contributed by atoms with van der Waals surface area (Å²) in [4.78, 5) is 11.5. The van der Waals surface area contributed by atoms with Crippen molar-refractivity contribution in [1.29, 1.82) is 0 Å². The maximum Gasteiger partial charge on any atom is 0.308 e. The van der Waals surface area contributed by atoms with Crippen LogP contribution in [-0.4, -0.2) is 51.0 Å². The highest BCUT2D eigenvalue weighted by atomic mass is 35.5. The van der Waals surface area contributed by atoms with Gasteiger partial charge >= 0.3 is 5.97 Å². The second-order valence-electron chi connectivity index (χ2n) is 6.67. The van der Waals surface area contributed by atoms with Crippen LogP contribution in [0.5, 0.6) is 0 Å². The molecule has 23 heavy (non-hydrogen) atoms. The molecule has 0 aliphatic carbocycles. The number of esters is 1. The van der Waals surface area contributed by atoms with E-state index < -0.39 is 15.7 Å². The van der Waals surface area contributed by atoms with Gasteiger partial charge in [-0.25, -0.2) is 0 Å². The molecule has 1 saturated heterocycles. The van der Waals surface area contributed by atoms with E-state index in [0.29, 0.717) is 38.3 Å². The average molecular weight is 372 g/mol. The van der Waals surface area contributed by atoms with Gasteiger partial charge < -0.3 is 10.5 Å². The van der Waals surface area contributed by atoms with Crippen molar-refractivity contribution in [2.45, 2.75) is 45.6 Å². The molecule has 7 nitrogen and oxygen atoms in total. The van der Waals surface area contributed by atoms with Gasteiger partial charge in [0.25, 0.3) is 10.2 Å². The second-order valence-corrected chi connectivity index (χ2v) is 8.34. The van der Waals surface area contributed by atoms with Gasteiger partial charge in [-0.15, -0.1) is 12.4 Å². The van der Waals surface area contributed by atoms with Gasteiger partial charge in [0, 0.05) is 25.2 Å². The lowest BCUT2D eigenvalue weighted by atomic mass is 9.92. The molecular weight excluding hydrogens is 342 g/mol. The zero-order valence-corrected chi connectivity index (χ0v) is 16.0. The van der Waals surface area contributed by atoms with Crippen molar-refractivity contribution in [2.75, 3.05) is 26.7 Å². The number of halogens is 1. The molecule has 0 spiro atoms. The Labute approximate surface area is 145 Å². The van der Waals surface area contributed by atoms with Crippen LogP contribution in [0.15, 0.2) is 0 Å². The van der Waals surface area contributed by atoms with Crippen molar-refractivity contribution in [1.82, 2.24) is 9.03 Å². The van der Waals surface area contributed by atoms with Crippen LogP contribution in [0.1, 0.15) is 40.0 Å². The average Bonchev–Trinajstić information content (AvgIpc) is 2.45. The third kappa shape index (κ3) is 6.54. The lowest BCUT2D eigenvalue weighted by molar-refractivity contribution is -0.146. The Hall–Kier alpha value is -0.410. The highest BCUT2D eigenvalue weighted by Crippen LogP contribution is 2.22. The first-order chi connectivity index (χ1) is 10.1. The van der Waals surface area contributed by atoms with E-state index >= 15 is 0 Å². The van der Waals surface area contributed by atoms with Gasteiger partial charge in [-0.05, 0) is 32.1 Å². The van der Waals surface area contributed by atoms with Crippen LogP contribution in [0, 0.1) is 11.8 Å². The van der Waals surface area contributed by atoms with Crippen molar-refractivity contribution < 1.29 is 17.9 Å². The van der Waals surface area contributed by atoms with Gasteiger partial charge in [0.15, 0.2) is 0 Å². The predicted octanol–water partition coefficient (Wildman–Crippen LogP) is 0.891. The minimum absolute atomic E-state index is 0. The zero-order valence-electron chi connectivity index (χ0n) is 14.4. The molecular formula is C14H30ClN3O4S. The van der Waals surface area contributed by atoms with E-state index in [1.807, 2.05) is 20.8 Å². The van der Waals surface area contributed by atoms with Crippen molar-refractivity contribution in [3.63, 3.8) is 0 Å². The molecule has 138 valence electrons. The molecule has 1 aliphatic rings. The molecule has 0 aromatic carbocycles. The second kappa shape index (κ2) is 9.17. The molecule has 0 radical (unpaired) electrons. The fourth-order valence-electron chi connectivity index (χ4n) is 2.94. The lowest BCUT2D eigenvalue weighted by Gasteiger charge is -2.36. The van der Waals surface area contributed by atoms with Gasteiger partial charge in [-0.3, -0.25) is 4.79 Å². The Morgan fingerprint density at radius 3 is 2.30 bits per heavy atom. The molecule has 0 amide bonds. The lowest BCUT2D eigenvalue weighted by Crippen LogP contribution is -2.57. The summed E-state index contributed by atoms with van der Waals surface area (Å²) >= 11 is 0. The van der Waals surface area contributed by atoms with Crippen molar-refractivity contribution in [2.24, 2.45) is 17.6 Å². The Bertz CT molecular complexity index is 478.